The molecule has 3 rings (SSSR count). The van der Waals surface area contributed by atoms with Gasteiger partial charge in [-0.15, -0.1) is 0 Å². The molecule has 1 amide bonds. The van der Waals surface area contributed by atoms with E-state index in [4.69, 9.17) is 14.0 Å². The van der Waals surface area contributed by atoms with Gasteiger partial charge in [-0.2, -0.15) is 0 Å². The van der Waals surface area contributed by atoms with E-state index >= 15 is 0 Å². The lowest BCUT2D eigenvalue weighted by Gasteiger charge is -2.39. The molecule has 1 aliphatic rings. The molecule has 198 valence electrons. The Hall–Kier alpha value is -2.34. The van der Waals surface area contributed by atoms with Crippen LogP contribution < -0.4 is 14.8 Å². The van der Waals surface area contributed by atoms with Gasteiger partial charge in [-0.25, -0.2) is 4.67 Å². The first-order chi connectivity index (χ1) is 17.0. The molecule has 0 aromatic heterocycles. The van der Waals surface area contributed by atoms with E-state index in [0.29, 0.717) is 36.8 Å². The highest BCUT2D eigenvalue weighted by Crippen LogP contribution is 2.56. The van der Waals surface area contributed by atoms with Crippen LogP contribution in [0.4, 0.5) is 0 Å². The number of benzene rings is 2. The van der Waals surface area contributed by atoms with Crippen molar-refractivity contribution >= 4 is 13.4 Å². The summed E-state index contributed by atoms with van der Waals surface area (Å²) in [6.07, 6.45) is 1.45. The molecule has 1 unspecified atom stereocenters. The van der Waals surface area contributed by atoms with Crippen molar-refractivity contribution in [2.45, 2.75) is 59.2 Å². The third kappa shape index (κ3) is 6.70. The third-order valence-electron chi connectivity index (χ3n) is 6.37. The van der Waals surface area contributed by atoms with Crippen LogP contribution in [-0.2, 0) is 9.09 Å². The molecule has 1 atom stereocenters. The lowest BCUT2D eigenvalue weighted by molar-refractivity contribution is 0.0920. The zero-order chi connectivity index (χ0) is 26.5. The smallest absolute Gasteiger partial charge is 0.274 e. The fraction of sp³-hybridized carbons (Fsp3) is 0.536. The summed E-state index contributed by atoms with van der Waals surface area (Å²) in [5, 5.41) is 3.17. The Labute approximate surface area is 216 Å². The second kappa shape index (κ2) is 11.8. The maximum atomic E-state index is 13.7. The highest BCUT2D eigenvalue weighted by molar-refractivity contribution is 7.57. The number of carbonyl (C=O) groups is 1. The average molecular weight is 517 g/mol. The van der Waals surface area contributed by atoms with Crippen molar-refractivity contribution in [2.24, 2.45) is 5.41 Å². The predicted octanol–water partition coefficient (Wildman–Crippen LogP) is 6.23. The van der Waals surface area contributed by atoms with Crippen molar-refractivity contribution in [3.05, 3.63) is 48.0 Å². The van der Waals surface area contributed by atoms with E-state index in [2.05, 4.69) is 26.1 Å². The van der Waals surface area contributed by atoms with Gasteiger partial charge in [0.15, 0.2) is 11.5 Å². The highest BCUT2D eigenvalue weighted by atomic mass is 31.2. The largest absolute Gasteiger partial charge is 0.493 e. The van der Waals surface area contributed by atoms with Gasteiger partial charge in [-0.1, -0.05) is 58.9 Å². The molecule has 7 nitrogen and oxygen atoms in total. The average Bonchev–Trinajstić information content (AvgIpc) is 2.86. The van der Waals surface area contributed by atoms with Crippen LogP contribution in [0.25, 0.3) is 11.1 Å². The molecule has 1 fully saturated rings. The summed E-state index contributed by atoms with van der Waals surface area (Å²) in [6.45, 7) is 11.9. The molecule has 0 saturated carbocycles. The van der Waals surface area contributed by atoms with Gasteiger partial charge in [-0.05, 0) is 42.0 Å². The molecule has 2 aromatic rings. The summed E-state index contributed by atoms with van der Waals surface area (Å²) in [5.74, 6) is 1.16. The highest BCUT2D eigenvalue weighted by Gasteiger charge is 2.38. The minimum absolute atomic E-state index is 0.0204. The number of nitrogens with zero attached hydrogens (tertiary/aromatic N) is 1. The minimum atomic E-state index is -2.94. The Bertz CT molecular complexity index is 1090. The van der Waals surface area contributed by atoms with Crippen LogP contribution in [0.5, 0.6) is 11.5 Å². The lowest BCUT2D eigenvalue weighted by atomic mass is 9.99. The number of nitrogens with one attached hydrogen (secondary N) is 1. The second-order valence-corrected chi connectivity index (χ2v) is 13.8. The number of piperidine rings is 1. The van der Waals surface area contributed by atoms with Crippen molar-refractivity contribution < 1.29 is 23.4 Å². The Kier molecular flexibility index (Phi) is 9.26. The summed E-state index contributed by atoms with van der Waals surface area (Å²) in [6, 6.07) is 13.2. The Morgan fingerprint density at radius 2 is 1.75 bits per heavy atom. The minimum Gasteiger partial charge on any atom is -0.493 e. The van der Waals surface area contributed by atoms with E-state index in [0.717, 1.165) is 24.0 Å². The molecule has 0 aliphatic carbocycles. The first kappa shape index (κ1) is 28.2. The Morgan fingerprint density at radius 3 is 2.33 bits per heavy atom. The number of carbonyl (C=O) groups excluding carboxylic acids is 1. The molecule has 0 radical (unpaired) electrons. The predicted molar refractivity (Wildman–Crippen MR) is 145 cm³/mol. The number of rotatable bonds is 9. The molecule has 8 heteroatoms. The van der Waals surface area contributed by atoms with E-state index in [9.17, 15) is 9.36 Å². The molecule has 1 saturated heterocycles. The van der Waals surface area contributed by atoms with Gasteiger partial charge < -0.3 is 19.3 Å². The van der Waals surface area contributed by atoms with Gasteiger partial charge in [0.05, 0.1) is 20.8 Å². The molecule has 2 aromatic carbocycles. The van der Waals surface area contributed by atoms with E-state index < -0.39 is 7.52 Å². The Balaban J connectivity index is 1.67. The molecule has 0 bridgehead atoms. The van der Waals surface area contributed by atoms with Crippen molar-refractivity contribution in [1.29, 1.82) is 0 Å². The normalized spacial score (nSPS) is 17.0. The van der Waals surface area contributed by atoms with Crippen LogP contribution in [0.3, 0.4) is 0 Å². The van der Waals surface area contributed by atoms with Gasteiger partial charge in [-0.3, -0.25) is 9.36 Å². The number of para-hydroxylation sites is 1. The van der Waals surface area contributed by atoms with Crippen molar-refractivity contribution in [3.8, 4) is 22.6 Å². The van der Waals surface area contributed by atoms with Crippen LogP contribution in [0.1, 0.15) is 57.8 Å². The standard InChI is InChI=1S/C28H41N2O5P/c1-20(2)36(32,35-19-28(3,4)5)30-16-14-23(15-17-30)29-27(31)22-11-8-10-21(18-22)24-12-9-13-25(33-6)26(24)34-7/h8-13,18,20,23H,14-17,19H2,1-7H3,(H,29,31). The van der Waals surface area contributed by atoms with Crippen molar-refractivity contribution in [1.82, 2.24) is 9.99 Å². The lowest BCUT2D eigenvalue weighted by Crippen LogP contribution is -2.44. The van der Waals surface area contributed by atoms with Crippen molar-refractivity contribution in [3.63, 3.8) is 0 Å². The van der Waals surface area contributed by atoms with Gasteiger partial charge >= 0.3 is 0 Å². The number of hydrogen-bond acceptors (Lipinski definition) is 5. The first-order valence-corrected chi connectivity index (χ1v) is 14.2. The van der Waals surface area contributed by atoms with Crippen LogP contribution in [-0.4, -0.2) is 56.2 Å². The molecule has 1 N–H and O–H groups in total. The Morgan fingerprint density at radius 1 is 1.08 bits per heavy atom. The second-order valence-electron chi connectivity index (χ2n) is 10.8. The third-order valence-corrected chi connectivity index (χ3v) is 9.37. The topological polar surface area (TPSA) is 77.1 Å². The SMILES string of the molecule is COc1cccc(-c2cccc(C(=O)NC3CCN(P(=O)(OCC(C)(C)C)C(C)C)CC3)c2)c1OC. The molecule has 36 heavy (non-hydrogen) atoms. The van der Waals surface area contributed by atoms with Gasteiger partial charge in [0.1, 0.15) is 0 Å². The number of ether oxygens (including phenoxy) is 2. The van der Waals surface area contributed by atoms with E-state index in [1.807, 2.05) is 61.0 Å². The fourth-order valence-electron chi connectivity index (χ4n) is 4.34. The van der Waals surface area contributed by atoms with Gasteiger partial charge in [0.2, 0.25) is 0 Å². The summed E-state index contributed by atoms with van der Waals surface area (Å²) in [7, 11) is 0.274. The van der Waals surface area contributed by atoms with Crippen LogP contribution in [0.2, 0.25) is 0 Å². The van der Waals surface area contributed by atoms with E-state index in [1.165, 1.54) is 0 Å². The number of methoxy groups -OCH3 is 2. The first-order valence-electron chi connectivity index (χ1n) is 12.6. The quantitative estimate of drug-likeness (QED) is 0.398. The zero-order valence-corrected chi connectivity index (χ0v) is 23.6. The summed E-state index contributed by atoms with van der Waals surface area (Å²) >= 11 is 0. The van der Waals surface area contributed by atoms with Crippen LogP contribution >= 0.6 is 7.52 Å². The molecule has 1 heterocycles. The van der Waals surface area contributed by atoms with E-state index in [1.54, 1.807) is 14.2 Å². The van der Waals surface area contributed by atoms with E-state index in [-0.39, 0.29) is 23.0 Å². The van der Waals surface area contributed by atoms with Crippen molar-refractivity contribution in [2.75, 3.05) is 33.9 Å². The maximum absolute atomic E-state index is 13.7. The summed E-state index contributed by atoms with van der Waals surface area (Å²) < 4.78 is 32.8. The monoisotopic (exact) mass is 516 g/mol. The molecular formula is C28H41N2O5P. The molecule has 0 spiro atoms. The number of hydrogen-bond donors (Lipinski definition) is 1. The van der Waals surface area contributed by atoms with Crippen LogP contribution in [0.15, 0.2) is 42.5 Å². The maximum Gasteiger partial charge on any atom is 0.274 e. The number of amides is 1. The van der Waals surface area contributed by atoms with Gasteiger partial charge in [0.25, 0.3) is 13.4 Å². The summed E-state index contributed by atoms with van der Waals surface area (Å²) in [5.41, 5.74) is 2.19. The van der Waals surface area contributed by atoms with Crippen LogP contribution in [0, 0.1) is 5.41 Å². The fourth-order valence-corrected chi connectivity index (χ4v) is 6.82. The summed E-state index contributed by atoms with van der Waals surface area (Å²) in [4.78, 5) is 13.1. The molecule has 1 aliphatic heterocycles. The van der Waals surface area contributed by atoms with Gasteiger partial charge in [0, 0.05) is 35.9 Å². The molecular weight excluding hydrogens is 475 g/mol. The zero-order valence-electron chi connectivity index (χ0n) is 22.7.